The van der Waals surface area contributed by atoms with Gasteiger partial charge in [-0.1, -0.05) is 279 Å². The summed E-state index contributed by atoms with van der Waals surface area (Å²) in [4.78, 5) is 40.0. The zero-order chi connectivity index (χ0) is 64.9. The Balaban J connectivity index is 0.000000143. The lowest BCUT2D eigenvalue weighted by molar-refractivity contribution is 1.08. The fourth-order valence-electron chi connectivity index (χ4n) is 12.8. The van der Waals surface area contributed by atoms with Crippen LogP contribution in [0.5, 0.6) is 0 Å². The molecular weight excluding hydrogens is 1270 g/mol. The van der Waals surface area contributed by atoms with Crippen LogP contribution in [0.3, 0.4) is 0 Å². The van der Waals surface area contributed by atoms with Gasteiger partial charge in [-0.2, -0.15) is 0 Å². The number of para-hydroxylation sites is 2. The predicted octanol–water partition coefficient (Wildman–Crippen LogP) is 24.0. The minimum atomic E-state index is 0.647. The van der Waals surface area contributed by atoms with Gasteiger partial charge in [0.25, 0.3) is 0 Å². The minimum Gasteiger partial charge on any atom is -0.236 e. The van der Waals surface area contributed by atoms with Crippen LogP contribution in [-0.2, 0) is 0 Å². The van der Waals surface area contributed by atoms with Gasteiger partial charge in [-0.05, 0) is 69.8 Å². The summed E-state index contributed by atoms with van der Waals surface area (Å²) in [6, 6.07) is 110. The first-order valence-corrected chi connectivity index (χ1v) is 35.5. The highest BCUT2D eigenvalue weighted by Gasteiger charge is 2.22. The number of hydrogen-bond donors (Lipinski definition) is 0. The monoisotopic (exact) mass is 1320 g/mol. The molecule has 0 radical (unpaired) electrons. The third kappa shape index (κ3) is 11.2. The lowest BCUT2D eigenvalue weighted by atomic mass is 9.99. The van der Waals surface area contributed by atoms with E-state index < -0.39 is 0 Å². The van der Waals surface area contributed by atoms with Gasteiger partial charge in [-0.15, -0.1) is 45.3 Å². The van der Waals surface area contributed by atoms with Crippen molar-refractivity contribution in [2.75, 3.05) is 0 Å². The van der Waals surface area contributed by atoms with Crippen LogP contribution in [0, 0.1) is 0 Å². The van der Waals surface area contributed by atoms with Gasteiger partial charge in [0.2, 0.25) is 0 Å². The average molecular weight is 1330 g/mol. The van der Waals surface area contributed by atoms with Crippen LogP contribution in [0.4, 0.5) is 0 Å². The van der Waals surface area contributed by atoms with E-state index in [1.165, 1.54) is 72.2 Å². The molecule has 98 heavy (non-hydrogen) atoms. The summed E-state index contributed by atoms with van der Waals surface area (Å²) >= 11 is 7.09. The number of rotatable bonds is 11. The molecule has 0 bridgehead atoms. The van der Waals surface area contributed by atoms with Crippen LogP contribution in [0.1, 0.15) is 0 Å². The quantitative estimate of drug-likeness (QED) is 0.126. The maximum Gasteiger partial charge on any atom is 0.164 e. The van der Waals surface area contributed by atoms with Gasteiger partial charge in [0.15, 0.2) is 34.9 Å². The van der Waals surface area contributed by atoms with Crippen LogP contribution in [0.25, 0.3) is 184 Å². The molecule has 0 unspecified atom stereocenters. The van der Waals surface area contributed by atoms with Crippen molar-refractivity contribution in [2.24, 2.45) is 0 Å². The van der Waals surface area contributed by atoms with Crippen LogP contribution in [0.15, 0.2) is 315 Å². The molecule has 0 saturated carbocycles. The topological polar surface area (TPSA) is 103 Å². The van der Waals surface area contributed by atoms with Gasteiger partial charge < -0.3 is 0 Å². The Kier molecular flexibility index (Phi) is 15.2. The highest BCUT2D eigenvalue weighted by atomic mass is 32.1. The van der Waals surface area contributed by atoms with E-state index in [1.807, 2.05) is 120 Å². The number of aromatic nitrogens is 8. The maximum absolute atomic E-state index is 5.15. The Morgan fingerprint density at radius 2 is 0.459 bits per heavy atom. The fraction of sp³-hybridized carbons (Fsp3) is 0. The second-order valence-corrected chi connectivity index (χ2v) is 27.9. The van der Waals surface area contributed by atoms with Crippen molar-refractivity contribution < 1.29 is 0 Å². The molecule has 19 aromatic rings. The summed E-state index contributed by atoms with van der Waals surface area (Å²) in [5.74, 6) is 3.95. The summed E-state index contributed by atoms with van der Waals surface area (Å²) in [5.41, 5.74) is 17.3. The van der Waals surface area contributed by atoms with Crippen molar-refractivity contribution >= 4 is 106 Å². The second-order valence-electron chi connectivity index (χ2n) is 23.7. The van der Waals surface area contributed by atoms with E-state index in [4.69, 9.17) is 39.9 Å². The van der Waals surface area contributed by atoms with Gasteiger partial charge in [0, 0.05) is 84.9 Å². The fourth-order valence-corrected chi connectivity index (χ4v) is 17.3. The van der Waals surface area contributed by atoms with Crippen molar-refractivity contribution in [2.45, 2.75) is 0 Å². The maximum atomic E-state index is 5.15. The van der Waals surface area contributed by atoms with Crippen molar-refractivity contribution in [3.05, 3.63) is 315 Å². The molecule has 0 atom stereocenters. The van der Waals surface area contributed by atoms with E-state index in [9.17, 15) is 0 Å². The van der Waals surface area contributed by atoms with Crippen molar-refractivity contribution in [1.82, 2.24) is 39.9 Å². The van der Waals surface area contributed by atoms with E-state index in [2.05, 4.69) is 218 Å². The van der Waals surface area contributed by atoms with E-state index in [0.29, 0.717) is 34.9 Å². The van der Waals surface area contributed by atoms with Gasteiger partial charge >= 0.3 is 0 Å². The van der Waals surface area contributed by atoms with Crippen LogP contribution in [0.2, 0.25) is 0 Å². The molecule has 0 saturated heterocycles. The number of hydrogen-bond acceptors (Lipinski definition) is 12. The first-order valence-electron chi connectivity index (χ1n) is 32.2. The standard InChI is InChI=1S/C46H28N4S2.C40H24N4S2/c1-3-11-29(12-4-1)30-21-25-33(26-22-30)44-48-43(32-13-5-2-6-14-32)49-45(50-44)37-17-10-20-40-41(37)36-16-9-15-35(42(36)51-40)31-23-27-34(28-24-31)46-47-38-18-7-8-19-39(38)52-46;1-3-11-26(12-4-1)37-42-38(27-13-5-2-6-14-27)44-39(43-37)31-17-10-20-34-35(31)30-16-9-15-29(36(30)45-34)25-21-23-28(24-22-25)40-41-32-18-7-8-19-33(32)46-40/h1-28H;1-24H. The number of fused-ring (bicyclic) bond motifs is 8. The van der Waals surface area contributed by atoms with Gasteiger partial charge in [0.1, 0.15) is 10.0 Å². The molecule has 19 rings (SSSR count). The molecule has 0 aliphatic heterocycles. The molecule has 0 aliphatic rings. The zero-order valence-electron chi connectivity index (χ0n) is 52.2. The summed E-state index contributed by atoms with van der Waals surface area (Å²) in [7, 11) is 0. The Bertz CT molecular complexity index is 6030. The van der Waals surface area contributed by atoms with Gasteiger partial charge in [0.05, 0.1) is 20.4 Å². The van der Waals surface area contributed by atoms with Crippen LogP contribution in [-0.4, -0.2) is 39.9 Å². The number of thiophene rings is 2. The van der Waals surface area contributed by atoms with E-state index >= 15 is 0 Å². The Hall–Kier alpha value is -11.9. The number of benzene rings is 13. The highest BCUT2D eigenvalue weighted by Crippen LogP contribution is 2.47. The van der Waals surface area contributed by atoms with Gasteiger partial charge in [-0.25, -0.2) is 39.9 Å². The molecule has 0 N–H and O–H groups in total. The largest absolute Gasteiger partial charge is 0.236 e. The molecule has 12 heteroatoms. The predicted molar refractivity (Wildman–Crippen MR) is 412 cm³/mol. The Morgan fingerprint density at radius 1 is 0.173 bits per heavy atom. The van der Waals surface area contributed by atoms with Crippen molar-refractivity contribution in [3.63, 3.8) is 0 Å². The molecule has 0 aliphatic carbocycles. The molecule has 13 aromatic carbocycles. The third-order valence-electron chi connectivity index (χ3n) is 17.6. The molecular formula is C86H52N8S4. The molecule has 460 valence electrons. The van der Waals surface area contributed by atoms with E-state index in [1.54, 1.807) is 22.7 Å². The highest BCUT2D eigenvalue weighted by molar-refractivity contribution is 7.27. The molecule has 0 fully saturated rings. The third-order valence-corrected chi connectivity index (χ3v) is 22.2. The summed E-state index contributed by atoms with van der Waals surface area (Å²) in [5, 5.41) is 6.80. The number of thiazole rings is 2. The van der Waals surface area contributed by atoms with Crippen molar-refractivity contribution in [1.29, 1.82) is 0 Å². The van der Waals surface area contributed by atoms with Crippen LogP contribution >= 0.6 is 45.3 Å². The number of nitrogens with zero attached hydrogens (tertiary/aromatic N) is 8. The lowest BCUT2D eigenvalue weighted by Gasteiger charge is -2.10. The molecule has 0 spiro atoms. The Labute approximate surface area is 580 Å². The average Bonchev–Trinajstić information content (AvgIpc) is 1.57. The minimum absolute atomic E-state index is 0.647. The molecule has 6 aromatic heterocycles. The summed E-state index contributed by atoms with van der Waals surface area (Å²) < 4.78 is 7.30. The SMILES string of the molecule is c1ccc(-c2ccc(-c3nc(-c4ccccc4)nc(-c4cccc5sc6c(-c7ccc(-c8nc9ccccc9s8)cc7)cccc6c45)n3)cc2)cc1.c1ccc(-c2nc(-c3ccccc3)nc(-c3cccc4sc5c(-c6ccc(-c7nc8ccccc8s7)cc6)cccc5c34)n2)cc1. The molecule has 8 nitrogen and oxygen atoms in total. The van der Waals surface area contributed by atoms with E-state index in [0.717, 1.165) is 76.5 Å². The zero-order valence-corrected chi connectivity index (χ0v) is 55.5. The molecule has 6 heterocycles. The van der Waals surface area contributed by atoms with Crippen molar-refractivity contribution in [3.8, 4) is 123 Å². The van der Waals surface area contributed by atoms with Crippen LogP contribution < -0.4 is 0 Å². The van der Waals surface area contributed by atoms with E-state index in [-0.39, 0.29) is 0 Å². The first kappa shape index (κ1) is 58.7. The summed E-state index contributed by atoms with van der Waals surface area (Å²) in [6.45, 7) is 0. The van der Waals surface area contributed by atoms with Gasteiger partial charge in [-0.3, -0.25) is 0 Å². The smallest absolute Gasteiger partial charge is 0.164 e. The second kappa shape index (κ2) is 25.3. The molecule has 0 amide bonds. The Morgan fingerprint density at radius 3 is 0.857 bits per heavy atom. The summed E-state index contributed by atoms with van der Waals surface area (Å²) in [6.07, 6.45) is 0. The first-order chi connectivity index (χ1) is 48.5. The normalized spacial score (nSPS) is 11.5. The lowest BCUT2D eigenvalue weighted by Crippen LogP contribution is -2.00.